The van der Waals surface area contributed by atoms with Gasteiger partial charge in [0.25, 0.3) is 0 Å². The summed E-state index contributed by atoms with van der Waals surface area (Å²) in [7, 11) is -4.23. The van der Waals surface area contributed by atoms with Crippen molar-refractivity contribution in [2.75, 3.05) is 24.5 Å². The van der Waals surface area contributed by atoms with Crippen molar-refractivity contribution in [1.29, 1.82) is 0 Å². The molecule has 3 aromatic rings. The third-order valence-electron chi connectivity index (χ3n) is 7.45. The number of rotatable bonds is 13. The maximum absolute atomic E-state index is 13.6. The molecule has 12 heteroatoms. The molecule has 3 atom stereocenters. The molecule has 45 heavy (non-hydrogen) atoms. The Labute approximate surface area is 267 Å². The van der Waals surface area contributed by atoms with Gasteiger partial charge in [-0.05, 0) is 48.7 Å². The molecule has 3 aromatic carbocycles. The van der Waals surface area contributed by atoms with Crippen LogP contribution in [0.2, 0.25) is 5.02 Å². The van der Waals surface area contributed by atoms with Gasteiger partial charge in [0.05, 0.1) is 49.3 Å². The number of esters is 1. The van der Waals surface area contributed by atoms with E-state index in [4.69, 9.17) is 35.3 Å². The van der Waals surface area contributed by atoms with Crippen LogP contribution in [-0.4, -0.2) is 57.5 Å². The highest BCUT2D eigenvalue weighted by molar-refractivity contribution is 7.93. The zero-order chi connectivity index (χ0) is 31.9. The predicted molar refractivity (Wildman–Crippen MR) is 166 cm³/mol. The molecule has 5 rings (SSSR count). The Morgan fingerprint density at radius 2 is 1.53 bits per heavy atom. The summed E-state index contributed by atoms with van der Waals surface area (Å²) in [6.45, 7) is 2.71. The molecule has 0 amide bonds. The van der Waals surface area contributed by atoms with Crippen molar-refractivity contribution in [3.63, 3.8) is 0 Å². The molecule has 1 aliphatic heterocycles. The minimum atomic E-state index is -4.23. The molecule has 2 aliphatic rings. The van der Waals surface area contributed by atoms with Crippen molar-refractivity contribution in [3.8, 4) is 0 Å². The number of carbonyl (C=O) groups excluding carboxylic acids is 1. The monoisotopic (exact) mass is 659 g/mol. The average molecular weight is 660 g/mol. The minimum absolute atomic E-state index is 0.0128. The van der Waals surface area contributed by atoms with E-state index in [2.05, 4.69) is 4.72 Å². The summed E-state index contributed by atoms with van der Waals surface area (Å²) in [6, 6.07) is 22.7. The van der Waals surface area contributed by atoms with Crippen molar-refractivity contribution in [3.05, 3.63) is 112 Å². The van der Waals surface area contributed by atoms with E-state index in [1.807, 2.05) is 60.7 Å². The molecule has 1 fully saturated rings. The lowest BCUT2D eigenvalue weighted by Gasteiger charge is -2.33. The van der Waals surface area contributed by atoms with Gasteiger partial charge < -0.3 is 23.7 Å². The lowest BCUT2D eigenvalue weighted by Crippen LogP contribution is -2.42. The fourth-order valence-corrected chi connectivity index (χ4v) is 7.13. The highest BCUT2D eigenvalue weighted by Gasteiger charge is 2.52. The largest absolute Gasteiger partial charge is 0.463 e. The molecular weight excluding hydrogens is 625 g/mol. The molecule has 9 nitrogen and oxygen atoms in total. The van der Waals surface area contributed by atoms with E-state index in [-0.39, 0.29) is 48.9 Å². The molecule has 1 spiro atoms. The Hall–Kier alpha value is -3.32. The van der Waals surface area contributed by atoms with Gasteiger partial charge in [-0.1, -0.05) is 72.3 Å². The van der Waals surface area contributed by atoms with E-state index in [1.54, 1.807) is 6.92 Å². The van der Waals surface area contributed by atoms with E-state index in [0.717, 1.165) is 23.3 Å². The minimum Gasteiger partial charge on any atom is -0.463 e. The number of hydrogen-bond donors (Lipinski definition) is 1. The molecule has 1 aliphatic carbocycles. The van der Waals surface area contributed by atoms with E-state index < -0.39 is 45.1 Å². The summed E-state index contributed by atoms with van der Waals surface area (Å²) in [4.78, 5) is 13.2. The van der Waals surface area contributed by atoms with Crippen LogP contribution in [0.25, 0.3) is 0 Å². The van der Waals surface area contributed by atoms with Crippen LogP contribution in [0.15, 0.2) is 90.5 Å². The fourth-order valence-electron chi connectivity index (χ4n) is 5.31. The van der Waals surface area contributed by atoms with Crippen LogP contribution in [0.4, 0.5) is 10.1 Å². The third-order valence-corrected chi connectivity index (χ3v) is 9.51. The molecule has 0 radical (unpaired) electrons. The Bertz CT molecular complexity index is 1540. The summed E-state index contributed by atoms with van der Waals surface area (Å²) in [5, 5.41) is -1.43. The number of nitrogens with one attached hydrogen (secondary N) is 1. The first-order valence-electron chi connectivity index (χ1n) is 14.6. The standard InChI is InChI=1S/C33H35ClFNO8S/c1-2-42-32(37)26-18-33(16-15-31(26)45(38,39)36-28-14-13-25(35)17-27(28)34)43-29(21-40-19-23-9-5-3-6-10-23)30(44-33)22-41-20-24-11-7-4-8-12-24/h3-14,17-18,29-31,36H,2,15-16,19-22H2,1H3/t29-,30-,31?/m0/s1. The van der Waals surface area contributed by atoms with E-state index in [0.29, 0.717) is 13.2 Å². The second-order valence-corrected chi connectivity index (χ2v) is 13.0. The van der Waals surface area contributed by atoms with Crippen LogP contribution in [0.1, 0.15) is 30.9 Å². The first-order valence-corrected chi connectivity index (χ1v) is 16.6. The third kappa shape index (κ3) is 8.49. The number of halogens is 2. The van der Waals surface area contributed by atoms with Crippen molar-refractivity contribution in [2.45, 2.75) is 56.2 Å². The van der Waals surface area contributed by atoms with Gasteiger partial charge in [-0.15, -0.1) is 0 Å². The molecule has 1 unspecified atom stereocenters. The van der Waals surface area contributed by atoms with Gasteiger partial charge >= 0.3 is 5.97 Å². The maximum Gasteiger partial charge on any atom is 0.335 e. The summed E-state index contributed by atoms with van der Waals surface area (Å²) in [6.07, 6.45) is 0.324. The van der Waals surface area contributed by atoms with Crippen LogP contribution in [0.3, 0.4) is 0 Å². The van der Waals surface area contributed by atoms with Crippen molar-refractivity contribution >= 4 is 33.3 Å². The zero-order valence-corrected chi connectivity index (χ0v) is 26.3. The number of anilines is 1. The van der Waals surface area contributed by atoms with Gasteiger partial charge in [-0.2, -0.15) is 0 Å². The van der Waals surface area contributed by atoms with E-state index in [9.17, 15) is 17.6 Å². The molecule has 0 bridgehead atoms. The number of carbonyl (C=O) groups is 1. The summed E-state index contributed by atoms with van der Waals surface area (Å²) < 4.78 is 73.2. The zero-order valence-electron chi connectivity index (χ0n) is 24.7. The van der Waals surface area contributed by atoms with Crippen LogP contribution in [0, 0.1) is 5.82 Å². The lowest BCUT2D eigenvalue weighted by atomic mass is 9.94. The van der Waals surface area contributed by atoms with Crippen LogP contribution < -0.4 is 4.72 Å². The smallest absolute Gasteiger partial charge is 0.335 e. The number of hydrogen-bond acceptors (Lipinski definition) is 8. The lowest BCUT2D eigenvalue weighted by molar-refractivity contribution is -0.157. The number of benzene rings is 3. The average Bonchev–Trinajstić information content (AvgIpc) is 3.35. The van der Waals surface area contributed by atoms with Gasteiger partial charge in [0.1, 0.15) is 23.3 Å². The Morgan fingerprint density at radius 3 is 2.07 bits per heavy atom. The Kier molecular flexibility index (Phi) is 10.9. The summed E-state index contributed by atoms with van der Waals surface area (Å²) in [5.41, 5.74) is 1.84. The van der Waals surface area contributed by atoms with Gasteiger partial charge in [0.15, 0.2) is 5.79 Å². The van der Waals surface area contributed by atoms with Gasteiger partial charge in [0, 0.05) is 6.42 Å². The first kappa shape index (κ1) is 33.1. The predicted octanol–water partition coefficient (Wildman–Crippen LogP) is 5.79. The molecule has 240 valence electrons. The molecule has 0 saturated carbocycles. The quantitative estimate of drug-likeness (QED) is 0.230. The Morgan fingerprint density at radius 1 is 0.956 bits per heavy atom. The number of sulfonamides is 1. The molecule has 1 heterocycles. The van der Waals surface area contributed by atoms with Gasteiger partial charge in [-0.3, -0.25) is 4.72 Å². The SMILES string of the molecule is CCOC(=O)C1=CC2(CCC1S(=O)(=O)Nc1ccc(F)cc1Cl)O[C@@H](COCc1ccccc1)[C@H](COCc1ccccc1)O2. The van der Waals surface area contributed by atoms with E-state index in [1.165, 1.54) is 12.1 Å². The van der Waals surface area contributed by atoms with Crippen LogP contribution in [-0.2, 0) is 51.7 Å². The molecule has 1 N–H and O–H groups in total. The fraction of sp³-hybridized carbons (Fsp3) is 0.364. The van der Waals surface area contributed by atoms with Crippen molar-refractivity contribution in [2.24, 2.45) is 0 Å². The maximum atomic E-state index is 13.6. The van der Waals surface area contributed by atoms with Gasteiger partial charge in [0.2, 0.25) is 10.0 Å². The molecule has 1 saturated heterocycles. The molecule has 0 aromatic heterocycles. The van der Waals surface area contributed by atoms with Crippen molar-refractivity contribution in [1.82, 2.24) is 0 Å². The first-order chi connectivity index (χ1) is 21.7. The molecular formula is C33H35ClFNO8S. The summed E-state index contributed by atoms with van der Waals surface area (Å²) >= 11 is 6.08. The summed E-state index contributed by atoms with van der Waals surface area (Å²) in [5.74, 6) is -2.84. The number of ether oxygens (including phenoxy) is 5. The highest BCUT2D eigenvalue weighted by Crippen LogP contribution is 2.42. The topological polar surface area (TPSA) is 109 Å². The van der Waals surface area contributed by atoms with E-state index >= 15 is 0 Å². The normalized spacial score (nSPS) is 21.0. The van der Waals surface area contributed by atoms with Crippen LogP contribution >= 0.6 is 11.6 Å². The van der Waals surface area contributed by atoms with Crippen molar-refractivity contribution < 1.29 is 41.3 Å². The van der Waals surface area contributed by atoms with Gasteiger partial charge in [-0.25, -0.2) is 17.6 Å². The second-order valence-electron chi connectivity index (χ2n) is 10.7. The van der Waals surface area contributed by atoms with Crippen LogP contribution in [0.5, 0.6) is 0 Å². The highest BCUT2D eigenvalue weighted by atomic mass is 35.5. The Balaban J connectivity index is 1.37. The second kappa shape index (κ2) is 14.8.